The minimum atomic E-state index is -4.71. The van der Waals surface area contributed by atoms with Crippen LogP contribution in [0.1, 0.15) is 28.8 Å². The summed E-state index contributed by atoms with van der Waals surface area (Å²) in [4.78, 5) is 24.3. The maximum atomic E-state index is 12.7. The second-order valence-electron chi connectivity index (χ2n) is 5.59. The number of aliphatic hydroxyl groups is 1. The lowest BCUT2D eigenvalue weighted by Gasteiger charge is -2.39. The Kier molecular flexibility index (Phi) is 4.65. The first-order valence-electron chi connectivity index (χ1n) is 7.01. The number of halogens is 3. The first-order chi connectivity index (χ1) is 10.6. The van der Waals surface area contributed by atoms with Crippen molar-refractivity contribution in [1.82, 2.24) is 4.90 Å². The molecule has 126 valence electrons. The smallest absolute Gasteiger partial charge is 0.417 e. The molecule has 23 heavy (non-hydrogen) atoms. The molecule has 5 nitrogen and oxygen atoms in total. The highest BCUT2D eigenvalue weighted by Gasteiger charge is 2.54. The number of carboxylic acids is 1. The second kappa shape index (κ2) is 6.19. The number of alkyl halides is 3. The van der Waals surface area contributed by atoms with E-state index >= 15 is 0 Å². The van der Waals surface area contributed by atoms with E-state index in [0.717, 1.165) is 0 Å². The number of hydrogen-bond donors (Lipinski definition) is 2. The summed E-state index contributed by atoms with van der Waals surface area (Å²) in [5.41, 5.74) is -2.22. The normalized spacial score (nSPS) is 17.8. The summed E-state index contributed by atoms with van der Waals surface area (Å²) in [6, 6.07) is 5.84. The number of nitrogens with zero attached hydrogens (tertiary/aromatic N) is 1. The number of likely N-dealkylation sites (tertiary alicyclic amines) is 1. The highest BCUT2D eigenvalue weighted by Crippen LogP contribution is 2.38. The van der Waals surface area contributed by atoms with E-state index in [4.69, 9.17) is 5.11 Å². The van der Waals surface area contributed by atoms with Crippen molar-refractivity contribution in [2.45, 2.75) is 31.0 Å². The molecule has 0 aromatic heterocycles. The number of benzene rings is 1. The van der Waals surface area contributed by atoms with E-state index in [1.54, 1.807) is 6.07 Å². The molecule has 0 bridgehead atoms. The third-order valence-electron chi connectivity index (χ3n) is 4.00. The molecule has 1 saturated heterocycles. The van der Waals surface area contributed by atoms with Gasteiger partial charge in [-0.3, -0.25) is 4.79 Å². The van der Waals surface area contributed by atoms with E-state index in [9.17, 15) is 27.9 Å². The van der Waals surface area contributed by atoms with Crippen LogP contribution in [0.4, 0.5) is 13.2 Å². The number of carbonyl (C=O) groups is 2. The van der Waals surface area contributed by atoms with Gasteiger partial charge in [0.15, 0.2) is 5.60 Å². The Morgan fingerprint density at radius 2 is 1.83 bits per heavy atom. The Bertz CT molecular complexity index is 607. The van der Waals surface area contributed by atoms with Crippen LogP contribution in [0.3, 0.4) is 0 Å². The van der Waals surface area contributed by atoms with Gasteiger partial charge in [0, 0.05) is 25.9 Å². The first-order valence-corrected chi connectivity index (χ1v) is 7.01. The van der Waals surface area contributed by atoms with Crippen LogP contribution in [0.15, 0.2) is 24.3 Å². The molecular weight excluding hydrogens is 315 g/mol. The molecule has 0 radical (unpaired) electrons. The summed E-state index contributed by atoms with van der Waals surface area (Å²) in [5.74, 6) is -1.51. The lowest BCUT2D eigenvalue weighted by atomic mass is 9.90. The topological polar surface area (TPSA) is 77.8 Å². The van der Waals surface area contributed by atoms with Crippen LogP contribution in [0, 0.1) is 0 Å². The summed E-state index contributed by atoms with van der Waals surface area (Å²) < 4.78 is 38.1. The number of hydrogen-bond acceptors (Lipinski definition) is 3. The summed E-state index contributed by atoms with van der Waals surface area (Å²) >= 11 is 0. The fraction of sp³-hybridized carbons (Fsp3) is 0.467. The summed E-state index contributed by atoms with van der Waals surface area (Å²) in [5, 5.41) is 18.5. The Balaban J connectivity index is 1.98. The first kappa shape index (κ1) is 17.3. The van der Waals surface area contributed by atoms with Gasteiger partial charge in [0.25, 0.3) is 0 Å². The van der Waals surface area contributed by atoms with E-state index in [1.165, 1.54) is 23.1 Å². The third kappa shape index (κ3) is 3.82. The monoisotopic (exact) mass is 331 g/mol. The predicted molar refractivity (Wildman–Crippen MR) is 73.9 cm³/mol. The zero-order chi connectivity index (χ0) is 17.3. The minimum Gasteiger partial charge on any atom is -0.478 e. The van der Waals surface area contributed by atoms with Gasteiger partial charge >= 0.3 is 12.1 Å². The molecule has 8 heteroatoms. The van der Waals surface area contributed by atoms with Gasteiger partial charge in [-0.1, -0.05) is 12.1 Å². The maximum absolute atomic E-state index is 12.7. The van der Waals surface area contributed by atoms with Gasteiger partial charge < -0.3 is 15.1 Å². The maximum Gasteiger partial charge on any atom is 0.417 e. The molecule has 1 fully saturated rings. The van der Waals surface area contributed by atoms with Crippen molar-refractivity contribution in [2.75, 3.05) is 13.1 Å². The molecule has 1 heterocycles. The zero-order valence-electron chi connectivity index (χ0n) is 12.1. The van der Waals surface area contributed by atoms with Crippen molar-refractivity contribution < 1.29 is 33.0 Å². The van der Waals surface area contributed by atoms with Gasteiger partial charge in [-0.15, -0.1) is 0 Å². The van der Waals surface area contributed by atoms with E-state index in [0.29, 0.717) is 5.56 Å². The van der Waals surface area contributed by atoms with E-state index in [2.05, 4.69) is 0 Å². The lowest BCUT2D eigenvalue weighted by molar-refractivity contribution is -0.272. The Morgan fingerprint density at radius 3 is 2.35 bits per heavy atom. The molecule has 1 aromatic rings. The van der Waals surface area contributed by atoms with Gasteiger partial charge in [0.1, 0.15) is 0 Å². The van der Waals surface area contributed by atoms with E-state index < -0.39 is 36.5 Å². The number of carboxylic acid groups (broad SMARTS) is 1. The number of amides is 1. The highest BCUT2D eigenvalue weighted by atomic mass is 19.4. The molecule has 1 aliphatic heterocycles. The van der Waals surface area contributed by atoms with Crippen molar-refractivity contribution in [3.8, 4) is 0 Å². The Labute approximate surface area is 130 Å². The van der Waals surface area contributed by atoms with Crippen molar-refractivity contribution in [1.29, 1.82) is 0 Å². The predicted octanol–water partition coefficient (Wildman–Crippen LogP) is 1.84. The average Bonchev–Trinajstić information content (AvgIpc) is 2.47. The van der Waals surface area contributed by atoms with E-state index in [-0.39, 0.29) is 25.1 Å². The molecule has 0 spiro atoms. The molecule has 1 aromatic carbocycles. The largest absolute Gasteiger partial charge is 0.478 e. The number of carbonyl (C=O) groups excluding carboxylic acids is 1. The highest BCUT2D eigenvalue weighted by molar-refractivity contribution is 5.88. The Morgan fingerprint density at radius 1 is 1.22 bits per heavy atom. The SMILES string of the molecule is O=C(O)c1cccc(CC(=O)N2CCC(O)(C(F)(F)F)CC2)c1. The molecule has 0 saturated carbocycles. The van der Waals surface area contributed by atoms with Crippen LogP contribution in [-0.4, -0.2) is 51.9 Å². The van der Waals surface area contributed by atoms with Crippen molar-refractivity contribution in [3.05, 3.63) is 35.4 Å². The van der Waals surface area contributed by atoms with Crippen LogP contribution in [0.5, 0.6) is 0 Å². The average molecular weight is 331 g/mol. The van der Waals surface area contributed by atoms with Gasteiger partial charge in [-0.05, 0) is 17.7 Å². The van der Waals surface area contributed by atoms with Crippen LogP contribution in [-0.2, 0) is 11.2 Å². The minimum absolute atomic E-state index is 0.0420. The van der Waals surface area contributed by atoms with Crippen LogP contribution >= 0.6 is 0 Å². The van der Waals surface area contributed by atoms with Crippen LogP contribution in [0.25, 0.3) is 0 Å². The molecule has 1 aliphatic rings. The van der Waals surface area contributed by atoms with Crippen molar-refractivity contribution in [2.24, 2.45) is 0 Å². The molecule has 1 amide bonds. The van der Waals surface area contributed by atoms with E-state index in [1.807, 2.05) is 0 Å². The van der Waals surface area contributed by atoms with Gasteiger partial charge in [0.05, 0.1) is 12.0 Å². The molecule has 0 aliphatic carbocycles. The number of rotatable bonds is 3. The molecule has 0 unspecified atom stereocenters. The summed E-state index contributed by atoms with van der Waals surface area (Å²) in [6.45, 7) is -0.374. The molecule has 2 N–H and O–H groups in total. The summed E-state index contributed by atoms with van der Waals surface area (Å²) in [7, 11) is 0. The number of aromatic carboxylic acids is 1. The van der Waals surface area contributed by atoms with Crippen LogP contribution in [0.2, 0.25) is 0 Å². The number of piperidine rings is 1. The fourth-order valence-corrected chi connectivity index (χ4v) is 2.51. The molecular formula is C15H16F3NO4. The zero-order valence-corrected chi connectivity index (χ0v) is 12.1. The van der Waals surface area contributed by atoms with Gasteiger partial charge in [0.2, 0.25) is 5.91 Å². The van der Waals surface area contributed by atoms with Crippen LogP contribution < -0.4 is 0 Å². The quantitative estimate of drug-likeness (QED) is 0.886. The third-order valence-corrected chi connectivity index (χ3v) is 4.00. The fourth-order valence-electron chi connectivity index (χ4n) is 2.51. The summed E-state index contributed by atoms with van der Waals surface area (Å²) in [6.07, 6.45) is -5.92. The van der Waals surface area contributed by atoms with Gasteiger partial charge in [-0.2, -0.15) is 13.2 Å². The molecule has 2 rings (SSSR count). The lowest BCUT2D eigenvalue weighted by Crippen LogP contribution is -2.54. The van der Waals surface area contributed by atoms with Crippen molar-refractivity contribution >= 4 is 11.9 Å². The second-order valence-corrected chi connectivity index (χ2v) is 5.59. The Hall–Kier alpha value is -2.09. The molecule has 0 atom stereocenters. The van der Waals surface area contributed by atoms with Crippen molar-refractivity contribution in [3.63, 3.8) is 0 Å². The standard InChI is InChI=1S/C15H16F3NO4/c16-15(17,18)14(23)4-6-19(7-5-14)12(20)9-10-2-1-3-11(8-10)13(21)22/h1-3,8,23H,4-7,9H2,(H,21,22). The van der Waals surface area contributed by atoms with Gasteiger partial charge in [-0.25, -0.2) is 4.79 Å².